The molecule has 0 saturated heterocycles. The number of aliphatic hydroxyl groups is 1. The van der Waals surface area contributed by atoms with Gasteiger partial charge in [-0.1, -0.05) is 15.9 Å². The van der Waals surface area contributed by atoms with Crippen molar-refractivity contribution in [2.24, 2.45) is 0 Å². The van der Waals surface area contributed by atoms with Crippen LogP contribution < -0.4 is 10.1 Å². The number of hydrogen-bond donors (Lipinski definition) is 2. The van der Waals surface area contributed by atoms with Crippen LogP contribution in [0.25, 0.3) is 11.6 Å². The third kappa shape index (κ3) is 3.25. The molecule has 0 fully saturated rings. The molecule has 26 heavy (non-hydrogen) atoms. The first-order chi connectivity index (χ1) is 12.3. The van der Waals surface area contributed by atoms with E-state index in [2.05, 4.69) is 37.2 Å². The highest BCUT2D eigenvalue weighted by Crippen LogP contribution is 2.44. The highest BCUT2D eigenvalue weighted by Gasteiger charge is 2.30. The van der Waals surface area contributed by atoms with Gasteiger partial charge in [-0.25, -0.2) is 0 Å². The summed E-state index contributed by atoms with van der Waals surface area (Å²) < 4.78 is 6.41. The molecule has 1 aliphatic rings. The summed E-state index contributed by atoms with van der Waals surface area (Å²) >= 11 is 6.87. The Kier molecular flexibility index (Phi) is 5.12. The lowest BCUT2D eigenvalue weighted by atomic mass is 9.99. The summed E-state index contributed by atoms with van der Waals surface area (Å²) in [7, 11) is 0. The molecule has 2 N–H and O–H groups in total. The van der Waals surface area contributed by atoms with Crippen LogP contribution in [0.1, 0.15) is 16.7 Å². The molecular weight excluding hydrogens is 472 g/mol. The van der Waals surface area contributed by atoms with E-state index in [1.54, 1.807) is 0 Å². The normalized spacial score (nSPS) is 14.3. The quantitative estimate of drug-likeness (QED) is 0.293. The molecule has 0 bridgehead atoms. The van der Waals surface area contributed by atoms with Gasteiger partial charge in [0, 0.05) is 14.5 Å². The lowest BCUT2D eigenvalue weighted by Gasteiger charge is -2.09. The number of benzene rings is 2. The van der Waals surface area contributed by atoms with E-state index in [9.17, 15) is 14.9 Å². The Morgan fingerprint density at radius 1 is 1.31 bits per heavy atom. The third-order valence-electron chi connectivity index (χ3n) is 3.96. The van der Waals surface area contributed by atoms with Crippen molar-refractivity contribution in [3.8, 4) is 5.75 Å². The largest absolute Gasteiger partial charge is 0.468 e. The Hall–Kier alpha value is -2.23. The Labute approximate surface area is 165 Å². The second-order valence-electron chi connectivity index (χ2n) is 5.48. The molecule has 0 radical (unpaired) electrons. The summed E-state index contributed by atoms with van der Waals surface area (Å²) in [6, 6.07) is 6.01. The molecule has 0 unspecified atom stereocenters. The minimum atomic E-state index is -0.589. The number of amides is 1. The van der Waals surface area contributed by atoms with Gasteiger partial charge in [0.25, 0.3) is 11.6 Å². The summed E-state index contributed by atoms with van der Waals surface area (Å²) in [6.45, 7) is 1.27. The maximum Gasteiger partial charge on any atom is 0.280 e. The van der Waals surface area contributed by atoms with Gasteiger partial charge >= 0.3 is 0 Å². The fourth-order valence-electron chi connectivity index (χ4n) is 2.73. The van der Waals surface area contributed by atoms with Crippen molar-refractivity contribution in [3.63, 3.8) is 0 Å². The number of fused-ring (bicyclic) bond motifs is 1. The van der Waals surface area contributed by atoms with Crippen LogP contribution in [-0.4, -0.2) is 22.7 Å². The topological polar surface area (TPSA) is 102 Å². The number of nitrogens with one attached hydrogen (secondary N) is 1. The number of hydrogen-bond acceptors (Lipinski definition) is 5. The van der Waals surface area contributed by atoms with Crippen molar-refractivity contribution in [1.29, 1.82) is 0 Å². The number of nitro groups is 1. The van der Waals surface area contributed by atoms with E-state index in [4.69, 9.17) is 9.84 Å². The molecule has 1 heterocycles. The Bertz CT molecular complexity index is 972. The molecule has 1 amide bonds. The highest BCUT2D eigenvalue weighted by molar-refractivity contribution is 9.11. The standard InChI is InChI=1S/C17H12Br2N2O5/c1-8-12(18)6-13(19)16-15(8)11(17(23)20-16)4-9-2-3-10(26-7-22)5-14(9)21(24)25/h2-6,22H,7H2,1H3,(H,20,23). The predicted molar refractivity (Wildman–Crippen MR) is 104 cm³/mol. The number of aliphatic hydroxyl groups excluding tert-OH is 1. The third-order valence-corrected chi connectivity index (χ3v) is 5.41. The number of ether oxygens (including phenoxy) is 1. The van der Waals surface area contributed by atoms with Gasteiger partial charge in [0.1, 0.15) is 5.75 Å². The van der Waals surface area contributed by atoms with E-state index in [0.717, 1.165) is 10.0 Å². The molecule has 3 rings (SSSR count). The number of halogens is 2. The number of nitro benzene ring substituents is 1. The first-order valence-corrected chi connectivity index (χ1v) is 8.96. The second-order valence-corrected chi connectivity index (χ2v) is 7.19. The summed E-state index contributed by atoms with van der Waals surface area (Å²) in [5.41, 5.74) is 2.52. The van der Waals surface area contributed by atoms with Crippen molar-refractivity contribution in [2.75, 3.05) is 12.1 Å². The van der Waals surface area contributed by atoms with Gasteiger partial charge in [0.2, 0.25) is 0 Å². The van der Waals surface area contributed by atoms with E-state index in [0.29, 0.717) is 21.3 Å². The van der Waals surface area contributed by atoms with Gasteiger partial charge in [-0.2, -0.15) is 0 Å². The predicted octanol–water partition coefficient (Wildman–Crippen LogP) is 4.25. The number of nitrogens with zero attached hydrogens (tertiary/aromatic N) is 1. The van der Waals surface area contributed by atoms with Crippen LogP contribution in [0.3, 0.4) is 0 Å². The van der Waals surface area contributed by atoms with Crippen LogP contribution in [-0.2, 0) is 4.79 Å². The fraction of sp³-hybridized carbons (Fsp3) is 0.118. The fourth-order valence-corrected chi connectivity index (χ4v) is 3.99. The summed E-state index contributed by atoms with van der Waals surface area (Å²) in [4.78, 5) is 23.3. The summed E-state index contributed by atoms with van der Waals surface area (Å²) in [5.74, 6) is -0.175. The molecule has 0 atom stereocenters. The molecule has 1 aliphatic heterocycles. The Balaban J connectivity index is 2.19. The minimum Gasteiger partial charge on any atom is -0.468 e. The molecule has 2 aromatic rings. The highest BCUT2D eigenvalue weighted by atomic mass is 79.9. The van der Waals surface area contributed by atoms with Crippen molar-refractivity contribution in [2.45, 2.75) is 6.92 Å². The molecule has 0 aliphatic carbocycles. The van der Waals surface area contributed by atoms with Crippen LogP contribution in [0.4, 0.5) is 11.4 Å². The molecule has 0 aromatic heterocycles. The van der Waals surface area contributed by atoms with Gasteiger partial charge in [0.05, 0.1) is 27.8 Å². The van der Waals surface area contributed by atoms with Gasteiger partial charge < -0.3 is 15.2 Å². The zero-order valence-electron chi connectivity index (χ0n) is 13.4. The Morgan fingerprint density at radius 2 is 2.04 bits per heavy atom. The van der Waals surface area contributed by atoms with E-state index >= 15 is 0 Å². The lowest BCUT2D eigenvalue weighted by Crippen LogP contribution is -2.04. The van der Waals surface area contributed by atoms with Crippen LogP contribution in [0.5, 0.6) is 5.75 Å². The van der Waals surface area contributed by atoms with Crippen LogP contribution in [0.2, 0.25) is 0 Å². The van der Waals surface area contributed by atoms with E-state index < -0.39 is 11.7 Å². The van der Waals surface area contributed by atoms with E-state index in [-0.39, 0.29) is 22.9 Å². The first kappa shape index (κ1) is 18.6. The monoisotopic (exact) mass is 482 g/mol. The summed E-state index contributed by atoms with van der Waals surface area (Å²) in [5, 5.41) is 23.0. The first-order valence-electron chi connectivity index (χ1n) is 7.37. The van der Waals surface area contributed by atoms with Crippen LogP contribution in [0, 0.1) is 17.0 Å². The van der Waals surface area contributed by atoms with Crippen molar-refractivity contribution in [1.82, 2.24) is 0 Å². The SMILES string of the molecule is Cc1c(Br)cc(Br)c2c1C(=Cc1ccc(OCO)cc1[N+](=O)[O-])C(=O)N2. The molecule has 2 aromatic carbocycles. The molecular formula is C17H12Br2N2O5. The molecule has 9 heteroatoms. The minimum absolute atomic E-state index is 0.166. The molecule has 134 valence electrons. The van der Waals surface area contributed by atoms with Crippen molar-refractivity contribution < 1.29 is 19.6 Å². The number of carbonyl (C=O) groups is 1. The molecule has 0 spiro atoms. The number of rotatable bonds is 4. The average molecular weight is 484 g/mol. The van der Waals surface area contributed by atoms with Crippen LogP contribution >= 0.6 is 31.9 Å². The van der Waals surface area contributed by atoms with Gasteiger partial charge in [-0.3, -0.25) is 14.9 Å². The molecule has 0 saturated carbocycles. The maximum atomic E-state index is 12.5. The number of anilines is 1. The van der Waals surface area contributed by atoms with Gasteiger partial charge in [-0.05, 0) is 52.7 Å². The molecule has 7 nitrogen and oxygen atoms in total. The van der Waals surface area contributed by atoms with E-state index in [1.165, 1.54) is 24.3 Å². The van der Waals surface area contributed by atoms with E-state index in [1.807, 2.05) is 13.0 Å². The van der Waals surface area contributed by atoms with Gasteiger partial charge in [-0.15, -0.1) is 0 Å². The number of carbonyl (C=O) groups excluding carboxylic acids is 1. The average Bonchev–Trinajstić information content (AvgIpc) is 2.91. The van der Waals surface area contributed by atoms with Crippen molar-refractivity contribution in [3.05, 3.63) is 60.0 Å². The smallest absolute Gasteiger partial charge is 0.280 e. The van der Waals surface area contributed by atoms with Crippen LogP contribution in [0.15, 0.2) is 33.2 Å². The summed E-state index contributed by atoms with van der Waals surface area (Å²) in [6.07, 6.45) is 1.48. The second kappa shape index (κ2) is 7.18. The maximum absolute atomic E-state index is 12.5. The van der Waals surface area contributed by atoms with Crippen molar-refractivity contribution >= 4 is 60.8 Å². The van der Waals surface area contributed by atoms with Gasteiger partial charge in [0.15, 0.2) is 6.79 Å². The Morgan fingerprint density at radius 3 is 2.69 bits per heavy atom. The zero-order chi connectivity index (χ0) is 19.0. The lowest BCUT2D eigenvalue weighted by molar-refractivity contribution is -0.385. The zero-order valence-corrected chi connectivity index (χ0v) is 16.5.